The lowest BCUT2D eigenvalue weighted by Crippen LogP contribution is -2.27. The first-order valence-corrected chi connectivity index (χ1v) is 10.1. The zero-order chi connectivity index (χ0) is 19.9. The molecule has 0 aliphatic heterocycles. The number of nitrogens with one attached hydrogen (secondary N) is 1. The SMILES string of the molecule is COCCn1nc(C(=O)Nc2ccc(Sc3ccc(Br)cc3)cc2)ccc1=O. The molecule has 1 aromatic heterocycles. The second kappa shape index (κ2) is 9.68. The van der Waals surface area contributed by atoms with E-state index in [2.05, 4.69) is 26.3 Å². The smallest absolute Gasteiger partial charge is 0.276 e. The van der Waals surface area contributed by atoms with Gasteiger partial charge in [0.2, 0.25) is 0 Å². The molecule has 1 heterocycles. The fourth-order valence-corrected chi connectivity index (χ4v) is 3.43. The Morgan fingerprint density at radius 1 is 1.07 bits per heavy atom. The van der Waals surface area contributed by atoms with Gasteiger partial charge in [0.15, 0.2) is 0 Å². The predicted molar refractivity (Wildman–Crippen MR) is 113 cm³/mol. The average Bonchev–Trinajstić information content (AvgIpc) is 2.70. The van der Waals surface area contributed by atoms with Crippen molar-refractivity contribution >= 4 is 39.3 Å². The Hall–Kier alpha value is -2.42. The van der Waals surface area contributed by atoms with Gasteiger partial charge in [-0.15, -0.1) is 0 Å². The summed E-state index contributed by atoms with van der Waals surface area (Å²) >= 11 is 5.06. The lowest BCUT2D eigenvalue weighted by Gasteiger charge is -2.08. The van der Waals surface area contributed by atoms with Crippen LogP contribution in [0.15, 0.2) is 79.7 Å². The molecule has 144 valence electrons. The molecule has 0 unspecified atom stereocenters. The highest BCUT2D eigenvalue weighted by Crippen LogP contribution is 2.29. The van der Waals surface area contributed by atoms with Gasteiger partial charge in [-0.1, -0.05) is 27.7 Å². The number of amides is 1. The second-order valence-corrected chi connectivity index (χ2v) is 7.87. The van der Waals surface area contributed by atoms with Crippen LogP contribution in [0.3, 0.4) is 0 Å². The lowest BCUT2D eigenvalue weighted by atomic mass is 10.3. The highest BCUT2D eigenvalue weighted by Gasteiger charge is 2.10. The van der Waals surface area contributed by atoms with E-state index in [-0.39, 0.29) is 17.2 Å². The molecule has 8 heteroatoms. The molecule has 0 saturated heterocycles. The number of methoxy groups -OCH3 is 1. The van der Waals surface area contributed by atoms with Crippen LogP contribution < -0.4 is 10.9 Å². The fraction of sp³-hybridized carbons (Fsp3) is 0.150. The molecule has 6 nitrogen and oxygen atoms in total. The van der Waals surface area contributed by atoms with Crippen molar-refractivity contribution < 1.29 is 9.53 Å². The molecular weight excluding hydrogens is 442 g/mol. The van der Waals surface area contributed by atoms with Gasteiger partial charge in [0, 0.05) is 33.1 Å². The topological polar surface area (TPSA) is 73.2 Å². The summed E-state index contributed by atoms with van der Waals surface area (Å²) in [4.78, 5) is 26.4. The van der Waals surface area contributed by atoms with Crippen molar-refractivity contribution in [1.29, 1.82) is 0 Å². The third-order valence-corrected chi connectivity index (χ3v) is 5.31. The Kier molecular flexibility index (Phi) is 7.02. The number of benzene rings is 2. The summed E-state index contributed by atoms with van der Waals surface area (Å²) in [5.74, 6) is -0.375. The summed E-state index contributed by atoms with van der Waals surface area (Å²) in [5, 5.41) is 6.89. The number of carbonyl (C=O) groups excluding carboxylic acids is 1. The van der Waals surface area contributed by atoms with Crippen LogP contribution in [0.25, 0.3) is 0 Å². The van der Waals surface area contributed by atoms with E-state index in [9.17, 15) is 9.59 Å². The van der Waals surface area contributed by atoms with E-state index < -0.39 is 0 Å². The Bertz CT molecular complexity index is 1000. The monoisotopic (exact) mass is 459 g/mol. The Morgan fingerprint density at radius 2 is 1.71 bits per heavy atom. The van der Waals surface area contributed by atoms with Gasteiger partial charge in [-0.05, 0) is 54.6 Å². The maximum atomic E-state index is 12.4. The van der Waals surface area contributed by atoms with Crippen molar-refractivity contribution in [2.45, 2.75) is 16.3 Å². The first kappa shape index (κ1) is 20.3. The molecule has 2 aromatic carbocycles. The summed E-state index contributed by atoms with van der Waals surface area (Å²) in [7, 11) is 1.54. The molecule has 0 aliphatic carbocycles. The first-order valence-electron chi connectivity index (χ1n) is 8.47. The predicted octanol–water partition coefficient (Wildman–Crippen LogP) is 4.06. The zero-order valence-corrected chi connectivity index (χ0v) is 17.5. The lowest BCUT2D eigenvalue weighted by molar-refractivity contribution is 0.101. The van der Waals surface area contributed by atoms with Gasteiger partial charge in [-0.3, -0.25) is 9.59 Å². The van der Waals surface area contributed by atoms with Crippen LogP contribution in [-0.4, -0.2) is 29.4 Å². The molecule has 0 fully saturated rings. The third kappa shape index (κ3) is 5.54. The molecule has 3 rings (SSSR count). The number of rotatable bonds is 7. The molecule has 0 spiro atoms. The number of hydrogen-bond acceptors (Lipinski definition) is 5. The molecule has 0 radical (unpaired) electrons. The van der Waals surface area contributed by atoms with Crippen molar-refractivity contribution in [2.75, 3.05) is 19.0 Å². The van der Waals surface area contributed by atoms with Crippen molar-refractivity contribution in [3.05, 3.63) is 81.2 Å². The summed E-state index contributed by atoms with van der Waals surface area (Å²) in [6.07, 6.45) is 0. The molecule has 0 bridgehead atoms. The van der Waals surface area contributed by atoms with Crippen molar-refractivity contribution in [3.63, 3.8) is 0 Å². The van der Waals surface area contributed by atoms with Crippen LogP contribution in [0.5, 0.6) is 0 Å². The van der Waals surface area contributed by atoms with Crippen LogP contribution in [0, 0.1) is 0 Å². The van der Waals surface area contributed by atoms with E-state index in [1.807, 2.05) is 48.5 Å². The standard InChI is InChI=1S/C20H18BrN3O3S/c1-27-13-12-24-19(25)11-10-18(23-24)20(26)22-15-4-8-17(9-5-15)28-16-6-2-14(21)3-7-16/h2-11H,12-13H2,1H3,(H,22,26). The van der Waals surface area contributed by atoms with Gasteiger partial charge in [-0.2, -0.15) is 5.10 Å². The number of anilines is 1. The Balaban J connectivity index is 1.65. The van der Waals surface area contributed by atoms with Crippen LogP contribution >= 0.6 is 27.7 Å². The van der Waals surface area contributed by atoms with Crippen LogP contribution in [0.4, 0.5) is 5.69 Å². The zero-order valence-electron chi connectivity index (χ0n) is 15.1. The van der Waals surface area contributed by atoms with Crippen LogP contribution in [-0.2, 0) is 11.3 Å². The molecule has 1 N–H and O–H groups in total. The normalized spacial score (nSPS) is 10.6. The summed E-state index contributed by atoms with van der Waals surface area (Å²) in [6, 6.07) is 18.4. The van der Waals surface area contributed by atoms with Gasteiger partial charge in [0.05, 0.1) is 13.2 Å². The fourth-order valence-electron chi connectivity index (χ4n) is 2.35. The number of carbonyl (C=O) groups is 1. The molecule has 0 aliphatic rings. The van der Waals surface area contributed by atoms with Gasteiger partial charge in [-0.25, -0.2) is 4.68 Å². The molecule has 3 aromatic rings. The molecule has 0 saturated carbocycles. The highest BCUT2D eigenvalue weighted by atomic mass is 79.9. The largest absolute Gasteiger partial charge is 0.383 e. The number of halogens is 1. The van der Waals surface area contributed by atoms with Crippen molar-refractivity contribution in [3.8, 4) is 0 Å². The van der Waals surface area contributed by atoms with E-state index in [1.54, 1.807) is 18.9 Å². The van der Waals surface area contributed by atoms with E-state index in [0.29, 0.717) is 18.8 Å². The van der Waals surface area contributed by atoms with Crippen LogP contribution in [0.2, 0.25) is 0 Å². The summed E-state index contributed by atoms with van der Waals surface area (Å²) < 4.78 is 7.21. The molecular formula is C20H18BrN3O3S. The van der Waals surface area contributed by atoms with Gasteiger partial charge in [0.25, 0.3) is 11.5 Å². The van der Waals surface area contributed by atoms with Crippen molar-refractivity contribution in [1.82, 2.24) is 9.78 Å². The Morgan fingerprint density at radius 3 is 2.36 bits per heavy atom. The van der Waals surface area contributed by atoms with Crippen molar-refractivity contribution in [2.24, 2.45) is 0 Å². The Labute approximate surface area is 175 Å². The first-order chi connectivity index (χ1) is 13.5. The average molecular weight is 460 g/mol. The van der Waals surface area contributed by atoms with E-state index in [0.717, 1.165) is 14.3 Å². The quantitative estimate of drug-likeness (QED) is 0.576. The molecule has 0 atom stereocenters. The summed E-state index contributed by atoms with van der Waals surface area (Å²) in [5.41, 5.74) is 0.550. The molecule has 28 heavy (non-hydrogen) atoms. The van der Waals surface area contributed by atoms with E-state index in [4.69, 9.17) is 4.74 Å². The van der Waals surface area contributed by atoms with Crippen LogP contribution in [0.1, 0.15) is 10.5 Å². The minimum atomic E-state index is -0.375. The van der Waals surface area contributed by atoms with E-state index in [1.165, 1.54) is 16.8 Å². The number of ether oxygens (including phenoxy) is 1. The number of hydrogen-bond donors (Lipinski definition) is 1. The summed E-state index contributed by atoms with van der Waals surface area (Å²) in [6.45, 7) is 0.633. The molecule has 1 amide bonds. The van der Waals surface area contributed by atoms with Gasteiger partial charge < -0.3 is 10.1 Å². The minimum absolute atomic E-state index is 0.170. The number of nitrogens with zero attached hydrogens (tertiary/aromatic N) is 2. The third-order valence-electron chi connectivity index (χ3n) is 3.77. The maximum Gasteiger partial charge on any atom is 0.276 e. The van der Waals surface area contributed by atoms with Gasteiger partial charge in [0.1, 0.15) is 5.69 Å². The minimum Gasteiger partial charge on any atom is -0.383 e. The van der Waals surface area contributed by atoms with E-state index >= 15 is 0 Å². The maximum absolute atomic E-state index is 12.4. The van der Waals surface area contributed by atoms with Gasteiger partial charge >= 0.3 is 0 Å². The second-order valence-electron chi connectivity index (χ2n) is 5.81. The highest BCUT2D eigenvalue weighted by molar-refractivity contribution is 9.10. The number of aromatic nitrogens is 2.